The molecule has 0 aromatic carbocycles. The second kappa shape index (κ2) is 8.36. The zero-order valence-corrected chi connectivity index (χ0v) is 13.3. The number of carbonyl (C=O) groups is 2. The average Bonchev–Trinajstić information content (AvgIpc) is 2.82. The molecule has 0 aromatic heterocycles. The summed E-state index contributed by atoms with van der Waals surface area (Å²) in [7, 11) is 1.98. The summed E-state index contributed by atoms with van der Waals surface area (Å²) in [4.78, 5) is 27.1. The van der Waals surface area contributed by atoms with Crippen LogP contribution in [0, 0.1) is 0 Å². The number of carbonyl (C=O) groups excluding carboxylic acids is 1. The summed E-state index contributed by atoms with van der Waals surface area (Å²) in [5.41, 5.74) is 0. The Balaban J connectivity index is 2.57. The molecule has 0 saturated carbocycles. The Morgan fingerprint density at radius 3 is 2.70 bits per heavy atom. The normalized spacial score (nSPS) is 22.3. The number of hydrogen-bond donors (Lipinski definition) is 2. The van der Waals surface area contributed by atoms with E-state index in [0.717, 1.165) is 25.9 Å². The Morgan fingerprint density at radius 1 is 1.45 bits per heavy atom. The van der Waals surface area contributed by atoms with Crippen molar-refractivity contribution in [2.45, 2.75) is 38.1 Å². The van der Waals surface area contributed by atoms with E-state index < -0.39 is 12.0 Å². The number of amides is 2. The van der Waals surface area contributed by atoms with E-state index in [0.29, 0.717) is 12.3 Å². The van der Waals surface area contributed by atoms with Gasteiger partial charge in [-0.2, -0.15) is 0 Å². The summed E-state index contributed by atoms with van der Waals surface area (Å²) in [5.74, 6) is -0.445. The highest BCUT2D eigenvalue weighted by Gasteiger charge is 2.41. The predicted molar refractivity (Wildman–Crippen MR) is 81.0 cm³/mol. The summed E-state index contributed by atoms with van der Waals surface area (Å²) in [6.45, 7) is 6.32. The molecule has 1 rings (SSSR count). The predicted octanol–water partition coefficient (Wildman–Crippen LogP) is 1.28. The molecule has 2 N–H and O–H groups in total. The van der Waals surface area contributed by atoms with Gasteiger partial charge in [0.15, 0.2) is 0 Å². The first-order valence-corrected chi connectivity index (χ1v) is 8.15. The van der Waals surface area contributed by atoms with Crippen LogP contribution in [0.4, 0.5) is 4.79 Å². The Bertz CT molecular complexity index is 341. The fourth-order valence-electron chi connectivity index (χ4n) is 2.10. The van der Waals surface area contributed by atoms with Gasteiger partial charge in [-0.25, -0.2) is 9.59 Å². The van der Waals surface area contributed by atoms with E-state index in [1.807, 2.05) is 14.0 Å². The maximum atomic E-state index is 12.2. The number of aliphatic carboxylic acids is 1. The van der Waals surface area contributed by atoms with Crippen LogP contribution in [0.5, 0.6) is 0 Å². The molecule has 1 saturated heterocycles. The third-order valence-electron chi connectivity index (χ3n) is 3.46. The van der Waals surface area contributed by atoms with E-state index in [2.05, 4.69) is 17.1 Å². The Morgan fingerprint density at radius 2 is 2.15 bits per heavy atom. The van der Waals surface area contributed by atoms with Gasteiger partial charge < -0.3 is 15.3 Å². The minimum Gasteiger partial charge on any atom is -0.480 e. The number of carboxylic acid groups (broad SMARTS) is 1. The van der Waals surface area contributed by atoms with E-state index >= 15 is 0 Å². The van der Waals surface area contributed by atoms with Gasteiger partial charge in [-0.15, -0.1) is 11.8 Å². The molecular formula is C13H25N3O3S. The molecule has 0 spiro atoms. The smallest absolute Gasteiger partial charge is 0.327 e. The molecule has 6 nitrogen and oxygen atoms in total. The third kappa shape index (κ3) is 4.56. The minimum absolute atomic E-state index is 0.0231. The molecule has 2 unspecified atom stereocenters. The molecule has 1 fully saturated rings. The second-order valence-electron chi connectivity index (χ2n) is 4.97. The highest BCUT2D eigenvalue weighted by atomic mass is 32.2. The lowest BCUT2D eigenvalue weighted by Crippen LogP contribution is -2.51. The van der Waals surface area contributed by atoms with Crippen molar-refractivity contribution in [3.05, 3.63) is 0 Å². The van der Waals surface area contributed by atoms with Crippen LogP contribution in [0.1, 0.15) is 26.7 Å². The van der Waals surface area contributed by atoms with Crippen molar-refractivity contribution in [2.75, 3.05) is 32.4 Å². The van der Waals surface area contributed by atoms with Gasteiger partial charge in [0.2, 0.25) is 0 Å². The van der Waals surface area contributed by atoms with Crippen LogP contribution in [-0.2, 0) is 4.79 Å². The van der Waals surface area contributed by atoms with Crippen LogP contribution in [0.25, 0.3) is 0 Å². The third-order valence-corrected chi connectivity index (χ3v) is 4.81. The molecule has 1 heterocycles. The average molecular weight is 303 g/mol. The first-order chi connectivity index (χ1) is 9.51. The van der Waals surface area contributed by atoms with Gasteiger partial charge in [-0.05, 0) is 20.0 Å². The van der Waals surface area contributed by atoms with Crippen molar-refractivity contribution >= 4 is 23.8 Å². The lowest BCUT2D eigenvalue weighted by molar-refractivity contribution is -0.141. The van der Waals surface area contributed by atoms with Crippen molar-refractivity contribution in [2.24, 2.45) is 0 Å². The van der Waals surface area contributed by atoms with Gasteiger partial charge in [0.1, 0.15) is 6.04 Å². The van der Waals surface area contributed by atoms with E-state index in [1.54, 1.807) is 11.8 Å². The Labute approximate surface area is 124 Å². The SMILES string of the molecule is CCCC1SCC(C(=O)O)N1C(=O)NCCN(C)CC. The zero-order chi connectivity index (χ0) is 15.1. The molecule has 0 bridgehead atoms. The van der Waals surface area contributed by atoms with Crippen LogP contribution in [0.2, 0.25) is 0 Å². The van der Waals surface area contributed by atoms with E-state index in [1.165, 1.54) is 4.90 Å². The minimum atomic E-state index is -0.920. The molecule has 7 heteroatoms. The second-order valence-corrected chi connectivity index (χ2v) is 6.18. The number of thioether (sulfide) groups is 1. The lowest BCUT2D eigenvalue weighted by Gasteiger charge is -2.27. The van der Waals surface area contributed by atoms with Crippen LogP contribution in [0.15, 0.2) is 0 Å². The standard InChI is InChI=1S/C13H25N3O3S/c1-4-6-11-16(10(9-20-11)12(17)18)13(19)14-7-8-15(3)5-2/h10-11H,4-9H2,1-3H3,(H,14,19)(H,17,18). The highest BCUT2D eigenvalue weighted by Crippen LogP contribution is 2.32. The molecule has 116 valence electrons. The summed E-state index contributed by atoms with van der Waals surface area (Å²) in [6.07, 6.45) is 1.77. The quantitative estimate of drug-likeness (QED) is 0.741. The van der Waals surface area contributed by atoms with Crippen molar-refractivity contribution in [1.82, 2.24) is 15.1 Å². The fraction of sp³-hybridized carbons (Fsp3) is 0.846. The molecule has 2 amide bonds. The fourth-order valence-corrected chi connectivity index (χ4v) is 3.61. The van der Waals surface area contributed by atoms with Gasteiger partial charge in [0, 0.05) is 18.8 Å². The molecule has 0 radical (unpaired) electrons. The number of nitrogens with zero attached hydrogens (tertiary/aromatic N) is 2. The maximum absolute atomic E-state index is 12.2. The topological polar surface area (TPSA) is 72.9 Å². The molecule has 0 aliphatic carbocycles. The van der Waals surface area contributed by atoms with Crippen molar-refractivity contribution in [3.8, 4) is 0 Å². The number of rotatable bonds is 7. The van der Waals surface area contributed by atoms with Gasteiger partial charge >= 0.3 is 12.0 Å². The summed E-state index contributed by atoms with van der Waals surface area (Å²) in [5, 5.41) is 12.0. The summed E-state index contributed by atoms with van der Waals surface area (Å²) < 4.78 is 0. The van der Waals surface area contributed by atoms with Gasteiger partial charge in [0.05, 0.1) is 5.37 Å². The van der Waals surface area contributed by atoms with Crippen LogP contribution in [0.3, 0.4) is 0 Å². The Hall–Kier alpha value is -0.950. The van der Waals surface area contributed by atoms with E-state index in [-0.39, 0.29) is 11.4 Å². The lowest BCUT2D eigenvalue weighted by atomic mass is 10.2. The van der Waals surface area contributed by atoms with E-state index in [9.17, 15) is 14.7 Å². The molecule has 20 heavy (non-hydrogen) atoms. The monoisotopic (exact) mass is 303 g/mol. The van der Waals surface area contributed by atoms with Crippen LogP contribution >= 0.6 is 11.8 Å². The number of carboxylic acids is 1. The summed E-state index contributed by atoms with van der Waals surface area (Å²) in [6, 6.07) is -0.967. The molecular weight excluding hydrogens is 278 g/mol. The van der Waals surface area contributed by atoms with Crippen molar-refractivity contribution < 1.29 is 14.7 Å². The van der Waals surface area contributed by atoms with Gasteiger partial charge in [-0.3, -0.25) is 4.90 Å². The Kier molecular flexibility index (Phi) is 7.15. The van der Waals surface area contributed by atoms with Crippen molar-refractivity contribution in [1.29, 1.82) is 0 Å². The summed E-state index contributed by atoms with van der Waals surface area (Å²) >= 11 is 1.56. The number of hydrogen-bond acceptors (Lipinski definition) is 4. The largest absolute Gasteiger partial charge is 0.480 e. The maximum Gasteiger partial charge on any atom is 0.327 e. The van der Waals surface area contributed by atoms with Crippen LogP contribution in [-0.4, -0.2) is 70.8 Å². The molecule has 1 aliphatic rings. The number of likely N-dealkylation sites (N-methyl/N-ethyl adjacent to an activating group) is 1. The molecule has 2 atom stereocenters. The van der Waals surface area contributed by atoms with Crippen molar-refractivity contribution in [3.63, 3.8) is 0 Å². The zero-order valence-electron chi connectivity index (χ0n) is 12.5. The highest BCUT2D eigenvalue weighted by molar-refractivity contribution is 8.00. The van der Waals surface area contributed by atoms with Gasteiger partial charge in [-0.1, -0.05) is 20.3 Å². The van der Waals surface area contributed by atoms with Crippen LogP contribution < -0.4 is 5.32 Å². The van der Waals surface area contributed by atoms with E-state index in [4.69, 9.17) is 0 Å². The number of urea groups is 1. The first-order valence-electron chi connectivity index (χ1n) is 7.10. The molecule has 1 aliphatic heterocycles. The number of nitrogens with one attached hydrogen (secondary N) is 1. The first kappa shape index (κ1) is 17.1. The van der Waals surface area contributed by atoms with Gasteiger partial charge in [0.25, 0.3) is 0 Å². The molecule has 0 aromatic rings.